The zero-order chi connectivity index (χ0) is 14.5. The number of nitrogens with two attached hydrogens (primary N) is 1. The standard InChI is InChI=1S/C14H16BrN3OS/c1-2-3-12-7-13(19)18-14(17-12)20-8-9-4-10(15)6-11(16)5-9/h4-7H,2-3,8,16H2,1H3,(H,17,18,19). The van der Waals surface area contributed by atoms with Gasteiger partial charge in [0.15, 0.2) is 5.16 Å². The third kappa shape index (κ3) is 4.38. The normalized spacial score (nSPS) is 10.7. The Morgan fingerprint density at radius 3 is 2.85 bits per heavy atom. The molecule has 0 amide bonds. The number of halogens is 1. The number of nitrogen functional groups attached to an aromatic ring is 1. The second-order valence-electron chi connectivity index (χ2n) is 4.47. The van der Waals surface area contributed by atoms with E-state index in [0.717, 1.165) is 34.3 Å². The van der Waals surface area contributed by atoms with Gasteiger partial charge in [-0.25, -0.2) is 4.98 Å². The van der Waals surface area contributed by atoms with Crippen LogP contribution in [0.3, 0.4) is 0 Å². The first-order valence-corrected chi connectivity index (χ1v) is 8.12. The van der Waals surface area contributed by atoms with Crippen molar-refractivity contribution in [3.05, 3.63) is 50.3 Å². The maximum Gasteiger partial charge on any atom is 0.251 e. The van der Waals surface area contributed by atoms with Gasteiger partial charge in [-0.2, -0.15) is 0 Å². The summed E-state index contributed by atoms with van der Waals surface area (Å²) in [4.78, 5) is 18.8. The largest absolute Gasteiger partial charge is 0.399 e. The highest BCUT2D eigenvalue weighted by atomic mass is 79.9. The molecule has 3 N–H and O–H groups in total. The molecule has 2 aromatic rings. The quantitative estimate of drug-likeness (QED) is 0.491. The van der Waals surface area contributed by atoms with Gasteiger partial charge in [0.1, 0.15) is 0 Å². The molecule has 0 radical (unpaired) electrons. The van der Waals surface area contributed by atoms with E-state index >= 15 is 0 Å². The molecular weight excluding hydrogens is 338 g/mol. The molecule has 4 nitrogen and oxygen atoms in total. The Bertz CT molecular complexity index is 637. The zero-order valence-corrected chi connectivity index (χ0v) is 13.6. The van der Waals surface area contributed by atoms with Crippen LogP contribution in [0.5, 0.6) is 0 Å². The zero-order valence-electron chi connectivity index (χ0n) is 11.1. The second-order valence-corrected chi connectivity index (χ2v) is 6.35. The highest BCUT2D eigenvalue weighted by Gasteiger charge is 2.04. The number of anilines is 1. The molecule has 2 rings (SSSR count). The van der Waals surface area contributed by atoms with Gasteiger partial charge in [-0.15, -0.1) is 0 Å². The van der Waals surface area contributed by atoms with Gasteiger partial charge in [0.2, 0.25) is 0 Å². The Morgan fingerprint density at radius 1 is 1.35 bits per heavy atom. The van der Waals surface area contributed by atoms with Crippen LogP contribution in [-0.2, 0) is 12.2 Å². The van der Waals surface area contributed by atoms with Crippen LogP contribution in [0.15, 0.2) is 38.7 Å². The topological polar surface area (TPSA) is 71.8 Å². The number of nitrogens with zero attached hydrogens (tertiary/aromatic N) is 1. The van der Waals surface area contributed by atoms with Crippen molar-refractivity contribution in [1.29, 1.82) is 0 Å². The Balaban J connectivity index is 2.12. The predicted molar refractivity (Wildman–Crippen MR) is 87.0 cm³/mol. The van der Waals surface area contributed by atoms with Crippen LogP contribution in [0.4, 0.5) is 5.69 Å². The van der Waals surface area contributed by atoms with Gasteiger partial charge in [-0.3, -0.25) is 4.79 Å². The fourth-order valence-corrected chi connectivity index (χ4v) is 3.23. The van der Waals surface area contributed by atoms with Crippen LogP contribution in [0.25, 0.3) is 0 Å². The first-order chi connectivity index (χ1) is 9.56. The molecule has 0 aliphatic carbocycles. The number of aromatic nitrogens is 2. The van der Waals surface area contributed by atoms with Gasteiger partial charge in [0, 0.05) is 27.7 Å². The van der Waals surface area contributed by atoms with Crippen LogP contribution in [-0.4, -0.2) is 9.97 Å². The van der Waals surface area contributed by atoms with E-state index < -0.39 is 0 Å². The minimum Gasteiger partial charge on any atom is -0.399 e. The summed E-state index contributed by atoms with van der Waals surface area (Å²) >= 11 is 4.92. The predicted octanol–water partition coefficient (Wildman–Crippen LogP) is 3.36. The monoisotopic (exact) mass is 353 g/mol. The van der Waals surface area contributed by atoms with E-state index in [1.54, 1.807) is 6.07 Å². The van der Waals surface area contributed by atoms with Crippen molar-refractivity contribution >= 4 is 33.4 Å². The lowest BCUT2D eigenvalue weighted by molar-refractivity contribution is 0.816. The van der Waals surface area contributed by atoms with E-state index in [0.29, 0.717) is 10.9 Å². The van der Waals surface area contributed by atoms with Gasteiger partial charge in [0.25, 0.3) is 5.56 Å². The molecule has 0 spiro atoms. The summed E-state index contributed by atoms with van der Waals surface area (Å²) in [6.45, 7) is 2.07. The number of hydrogen-bond acceptors (Lipinski definition) is 4. The highest BCUT2D eigenvalue weighted by molar-refractivity contribution is 9.10. The summed E-state index contributed by atoms with van der Waals surface area (Å²) in [5, 5.41) is 0.652. The van der Waals surface area contributed by atoms with Crippen molar-refractivity contribution in [3.8, 4) is 0 Å². The SMILES string of the molecule is CCCc1cc(=O)[nH]c(SCc2cc(N)cc(Br)c2)n1. The fraction of sp³-hybridized carbons (Fsp3) is 0.286. The molecule has 0 aliphatic heterocycles. The molecule has 106 valence electrons. The third-order valence-electron chi connectivity index (χ3n) is 2.63. The number of hydrogen-bond donors (Lipinski definition) is 2. The van der Waals surface area contributed by atoms with Crippen molar-refractivity contribution in [2.45, 2.75) is 30.7 Å². The number of nitrogens with one attached hydrogen (secondary N) is 1. The number of aryl methyl sites for hydroxylation is 1. The Kier molecular flexibility index (Phi) is 5.25. The molecular formula is C14H16BrN3OS. The highest BCUT2D eigenvalue weighted by Crippen LogP contribution is 2.23. The number of thioether (sulfide) groups is 1. The molecule has 0 atom stereocenters. The lowest BCUT2D eigenvalue weighted by Gasteiger charge is -2.05. The van der Waals surface area contributed by atoms with Crippen molar-refractivity contribution in [2.24, 2.45) is 0 Å². The summed E-state index contributed by atoms with van der Waals surface area (Å²) in [6, 6.07) is 7.35. The third-order valence-corrected chi connectivity index (χ3v) is 4.04. The lowest BCUT2D eigenvalue weighted by atomic mass is 10.2. The molecule has 0 saturated heterocycles. The van der Waals surface area contributed by atoms with Crippen molar-refractivity contribution < 1.29 is 0 Å². The maximum absolute atomic E-state index is 11.6. The minimum absolute atomic E-state index is 0.0975. The van der Waals surface area contributed by atoms with Gasteiger partial charge in [-0.1, -0.05) is 41.0 Å². The molecule has 20 heavy (non-hydrogen) atoms. The smallest absolute Gasteiger partial charge is 0.251 e. The molecule has 0 aliphatic rings. The van der Waals surface area contributed by atoms with Gasteiger partial charge in [-0.05, 0) is 30.2 Å². The number of aromatic amines is 1. The van der Waals surface area contributed by atoms with Crippen molar-refractivity contribution in [2.75, 3.05) is 5.73 Å². The van der Waals surface area contributed by atoms with Gasteiger partial charge in [0.05, 0.1) is 0 Å². The van der Waals surface area contributed by atoms with Gasteiger partial charge >= 0.3 is 0 Å². The van der Waals surface area contributed by atoms with Crippen LogP contribution in [0.2, 0.25) is 0 Å². The Morgan fingerprint density at radius 2 is 2.15 bits per heavy atom. The molecule has 6 heteroatoms. The van der Waals surface area contributed by atoms with E-state index in [2.05, 4.69) is 32.8 Å². The molecule has 0 unspecified atom stereocenters. The average Bonchev–Trinajstić information content (AvgIpc) is 2.35. The van der Waals surface area contributed by atoms with Crippen LogP contribution < -0.4 is 11.3 Å². The van der Waals surface area contributed by atoms with Crippen molar-refractivity contribution in [3.63, 3.8) is 0 Å². The van der Waals surface area contributed by atoms with E-state index in [1.165, 1.54) is 11.8 Å². The van der Waals surface area contributed by atoms with E-state index in [4.69, 9.17) is 5.73 Å². The van der Waals surface area contributed by atoms with Gasteiger partial charge < -0.3 is 10.7 Å². The summed E-state index contributed by atoms with van der Waals surface area (Å²) in [7, 11) is 0. The second kappa shape index (κ2) is 6.95. The molecule has 1 aromatic carbocycles. The minimum atomic E-state index is -0.0975. The molecule has 1 heterocycles. The summed E-state index contributed by atoms with van der Waals surface area (Å²) in [5.74, 6) is 0.710. The molecule has 0 saturated carbocycles. The molecule has 1 aromatic heterocycles. The summed E-state index contributed by atoms with van der Waals surface area (Å²) < 4.78 is 0.953. The molecule has 0 fully saturated rings. The first-order valence-electron chi connectivity index (χ1n) is 6.35. The maximum atomic E-state index is 11.6. The van der Waals surface area contributed by atoms with Crippen LogP contribution in [0, 0.1) is 0 Å². The van der Waals surface area contributed by atoms with Crippen LogP contribution in [0.1, 0.15) is 24.6 Å². The van der Waals surface area contributed by atoms with E-state index in [-0.39, 0.29) is 5.56 Å². The first kappa shape index (κ1) is 15.1. The Hall–Kier alpha value is -1.27. The van der Waals surface area contributed by atoms with Crippen molar-refractivity contribution in [1.82, 2.24) is 9.97 Å². The number of rotatable bonds is 5. The average molecular weight is 354 g/mol. The summed E-state index contributed by atoms with van der Waals surface area (Å²) in [6.07, 6.45) is 1.80. The Labute approximate surface area is 130 Å². The van der Waals surface area contributed by atoms with E-state index in [1.807, 2.05) is 18.2 Å². The summed E-state index contributed by atoms with van der Waals surface area (Å²) in [5.41, 5.74) is 8.35. The van der Waals surface area contributed by atoms with E-state index in [9.17, 15) is 4.79 Å². The van der Waals surface area contributed by atoms with Crippen LogP contribution >= 0.6 is 27.7 Å². The number of H-pyrrole nitrogens is 1. The molecule has 0 bridgehead atoms. The number of benzene rings is 1. The fourth-order valence-electron chi connectivity index (χ4n) is 1.85. The lowest BCUT2D eigenvalue weighted by Crippen LogP contribution is -2.09.